The first-order valence-corrected chi connectivity index (χ1v) is 21.9. The highest BCUT2D eigenvalue weighted by Gasteiger charge is 2.41. The molecule has 8 nitrogen and oxygen atoms in total. The molecule has 12 heteroatoms. The highest BCUT2D eigenvalue weighted by Crippen LogP contribution is 2.42. The number of thioether (sulfide) groups is 2. The lowest BCUT2D eigenvalue weighted by Crippen LogP contribution is -2.31. The standard InChI is InChI=1S/C38H62N2O6S4/c1-3-5-7-9-11-13-15-23-29-45-31(41)25-19-17-21-27-39-35(43)33(49-37(39)47)34-36(44)40(38(48)50-34)28-22-18-20-26-32(42)46-30-24-16-14-12-10-8-6-4-2/h3-30H2,1-2H3. The van der Waals surface area contributed by atoms with Crippen molar-refractivity contribution in [2.75, 3.05) is 26.3 Å². The van der Waals surface area contributed by atoms with Crippen molar-refractivity contribution in [1.29, 1.82) is 0 Å². The number of ether oxygens (including phenoxy) is 2. The molecule has 284 valence electrons. The van der Waals surface area contributed by atoms with E-state index >= 15 is 0 Å². The van der Waals surface area contributed by atoms with Crippen molar-refractivity contribution in [2.24, 2.45) is 0 Å². The lowest BCUT2D eigenvalue weighted by atomic mass is 10.1. The highest BCUT2D eigenvalue weighted by atomic mass is 32.2. The fraction of sp³-hybridized carbons (Fsp3) is 0.789. The molecule has 0 unspecified atom stereocenters. The van der Waals surface area contributed by atoms with Gasteiger partial charge in [-0.1, -0.05) is 165 Å². The average Bonchev–Trinajstić information content (AvgIpc) is 3.54. The molecule has 2 amide bonds. The molecule has 0 aliphatic carbocycles. The lowest BCUT2D eigenvalue weighted by molar-refractivity contribution is -0.144. The maximum absolute atomic E-state index is 13.2. The average molecular weight is 771 g/mol. The van der Waals surface area contributed by atoms with Gasteiger partial charge < -0.3 is 9.47 Å². The molecule has 0 atom stereocenters. The third kappa shape index (κ3) is 18.3. The Kier molecular flexibility index (Phi) is 25.1. The number of amides is 2. The summed E-state index contributed by atoms with van der Waals surface area (Å²) >= 11 is 13.3. The van der Waals surface area contributed by atoms with Crippen molar-refractivity contribution in [3.63, 3.8) is 0 Å². The van der Waals surface area contributed by atoms with E-state index in [1.165, 1.54) is 77.0 Å². The van der Waals surface area contributed by atoms with E-state index in [0.717, 1.165) is 62.0 Å². The normalized spacial score (nSPS) is 16.3. The number of rotatable bonds is 30. The van der Waals surface area contributed by atoms with Crippen LogP contribution < -0.4 is 0 Å². The SMILES string of the molecule is CCCCCCCCCCOC(=O)CCCCCN1C(=O)C(=C2SC(=S)N(CCCCCC(=O)OCCCCCCCCCC)C2=O)SC1=S. The van der Waals surface area contributed by atoms with Crippen LogP contribution in [0, 0.1) is 0 Å². The van der Waals surface area contributed by atoms with Gasteiger partial charge in [-0.25, -0.2) is 0 Å². The van der Waals surface area contributed by atoms with E-state index in [2.05, 4.69) is 13.8 Å². The second-order valence-electron chi connectivity index (χ2n) is 13.3. The zero-order valence-corrected chi connectivity index (χ0v) is 34.0. The van der Waals surface area contributed by atoms with Gasteiger partial charge in [0.15, 0.2) is 0 Å². The largest absolute Gasteiger partial charge is 0.466 e. The smallest absolute Gasteiger partial charge is 0.305 e. The Morgan fingerprint density at radius 2 is 0.820 bits per heavy atom. The van der Waals surface area contributed by atoms with Crippen LogP contribution in [0.25, 0.3) is 0 Å². The summed E-state index contributed by atoms with van der Waals surface area (Å²) in [6, 6.07) is 0. The van der Waals surface area contributed by atoms with Crippen LogP contribution in [0.2, 0.25) is 0 Å². The van der Waals surface area contributed by atoms with Crippen molar-refractivity contribution in [3.05, 3.63) is 9.81 Å². The highest BCUT2D eigenvalue weighted by molar-refractivity contribution is 8.29. The molecule has 0 bridgehead atoms. The Hall–Kier alpha value is -1.50. The molecule has 2 aliphatic rings. The number of nitrogens with zero attached hydrogens (tertiary/aromatic N) is 2. The van der Waals surface area contributed by atoms with Gasteiger partial charge in [-0.05, 0) is 38.5 Å². The predicted molar refractivity (Wildman–Crippen MR) is 215 cm³/mol. The Balaban J connectivity index is 1.58. The summed E-state index contributed by atoms with van der Waals surface area (Å²) in [7, 11) is 0. The van der Waals surface area contributed by atoms with Gasteiger partial charge in [0, 0.05) is 25.9 Å². The number of carbonyl (C=O) groups is 4. The van der Waals surface area contributed by atoms with Crippen LogP contribution in [-0.2, 0) is 28.7 Å². The van der Waals surface area contributed by atoms with Gasteiger partial charge >= 0.3 is 11.9 Å². The molecule has 0 spiro atoms. The summed E-state index contributed by atoms with van der Waals surface area (Å²) in [4.78, 5) is 54.4. The molecule has 0 aromatic heterocycles. The molecule has 2 fully saturated rings. The maximum Gasteiger partial charge on any atom is 0.305 e. The molecule has 50 heavy (non-hydrogen) atoms. The molecular formula is C38H62N2O6S4. The molecule has 2 aliphatic heterocycles. The first-order chi connectivity index (χ1) is 24.3. The van der Waals surface area contributed by atoms with E-state index in [9.17, 15) is 19.2 Å². The van der Waals surface area contributed by atoms with Crippen molar-refractivity contribution in [1.82, 2.24) is 9.80 Å². The Morgan fingerprint density at radius 3 is 1.18 bits per heavy atom. The fourth-order valence-corrected chi connectivity index (χ4v) is 8.65. The molecule has 2 saturated heterocycles. The monoisotopic (exact) mass is 770 g/mol. The van der Waals surface area contributed by atoms with Gasteiger partial charge in [0.2, 0.25) is 0 Å². The molecule has 0 aromatic rings. The summed E-state index contributed by atoms with van der Waals surface area (Å²) in [5.41, 5.74) is 0. The predicted octanol–water partition coefficient (Wildman–Crippen LogP) is 10.4. The van der Waals surface area contributed by atoms with Crippen LogP contribution in [0.4, 0.5) is 0 Å². The number of hydrogen-bond acceptors (Lipinski definition) is 10. The zero-order chi connectivity index (χ0) is 36.4. The number of unbranched alkanes of at least 4 members (excludes halogenated alkanes) is 18. The summed E-state index contributed by atoms with van der Waals surface area (Å²) in [5, 5.41) is 0. The second kappa shape index (κ2) is 28.1. The van der Waals surface area contributed by atoms with E-state index < -0.39 is 0 Å². The van der Waals surface area contributed by atoms with Gasteiger partial charge in [-0.2, -0.15) is 0 Å². The third-order valence-electron chi connectivity index (χ3n) is 8.95. The van der Waals surface area contributed by atoms with E-state index in [-0.39, 0.29) is 23.8 Å². The van der Waals surface area contributed by atoms with Crippen molar-refractivity contribution < 1.29 is 28.7 Å². The van der Waals surface area contributed by atoms with Gasteiger partial charge in [-0.15, -0.1) is 0 Å². The molecule has 2 rings (SSSR count). The lowest BCUT2D eigenvalue weighted by Gasteiger charge is -2.14. The minimum absolute atomic E-state index is 0.160. The molecule has 0 saturated carbocycles. The third-order valence-corrected chi connectivity index (χ3v) is 12.0. The first kappa shape index (κ1) is 44.7. The van der Waals surface area contributed by atoms with Crippen molar-refractivity contribution >= 4 is 80.4 Å². The summed E-state index contributed by atoms with van der Waals surface area (Å²) < 4.78 is 11.6. The molecule has 0 aromatic carbocycles. The van der Waals surface area contributed by atoms with Crippen LogP contribution in [0.15, 0.2) is 9.81 Å². The van der Waals surface area contributed by atoms with E-state index in [1.807, 2.05) is 0 Å². The quantitative estimate of drug-likeness (QED) is 0.0304. The van der Waals surface area contributed by atoms with Gasteiger partial charge in [0.25, 0.3) is 11.8 Å². The van der Waals surface area contributed by atoms with Crippen molar-refractivity contribution in [2.45, 2.75) is 168 Å². The van der Waals surface area contributed by atoms with Gasteiger partial charge in [0.1, 0.15) is 8.64 Å². The van der Waals surface area contributed by atoms with E-state index in [1.54, 1.807) is 9.80 Å². The number of carbonyl (C=O) groups excluding carboxylic acids is 4. The Bertz CT molecular complexity index is 1030. The van der Waals surface area contributed by atoms with Crippen LogP contribution in [0.5, 0.6) is 0 Å². The fourth-order valence-electron chi connectivity index (χ4n) is 5.88. The Morgan fingerprint density at radius 1 is 0.500 bits per heavy atom. The minimum Gasteiger partial charge on any atom is -0.466 e. The van der Waals surface area contributed by atoms with Gasteiger partial charge in [-0.3, -0.25) is 29.0 Å². The van der Waals surface area contributed by atoms with E-state index in [4.69, 9.17) is 33.9 Å². The first-order valence-electron chi connectivity index (χ1n) is 19.4. The molecular weight excluding hydrogens is 709 g/mol. The topological polar surface area (TPSA) is 93.2 Å². The summed E-state index contributed by atoms with van der Waals surface area (Å²) in [6.45, 7) is 6.33. The molecule has 0 radical (unpaired) electrons. The number of esters is 2. The van der Waals surface area contributed by atoms with Crippen LogP contribution in [-0.4, -0.2) is 68.5 Å². The number of thiocarbonyl (C=S) groups is 2. The van der Waals surface area contributed by atoms with Gasteiger partial charge in [0.05, 0.1) is 23.0 Å². The molecule has 2 heterocycles. The maximum atomic E-state index is 13.2. The van der Waals surface area contributed by atoms with Crippen LogP contribution in [0.3, 0.4) is 0 Å². The Labute approximate surface area is 321 Å². The van der Waals surface area contributed by atoms with Crippen molar-refractivity contribution in [3.8, 4) is 0 Å². The number of hydrogen-bond donors (Lipinski definition) is 0. The zero-order valence-electron chi connectivity index (χ0n) is 30.8. The summed E-state index contributed by atoms with van der Waals surface area (Å²) in [5.74, 6) is -0.827. The minimum atomic E-state index is -0.254. The van der Waals surface area contributed by atoms with Crippen LogP contribution >= 0.6 is 48.0 Å². The van der Waals surface area contributed by atoms with Crippen LogP contribution in [0.1, 0.15) is 168 Å². The molecule has 0 N–H and O–H groups in total. The van der Waals surface area contributed by atoms with E-state index in [0.29, 0.717) is 83.3 Å². The summed E-state index contributed by atoms with van der Waals surface area (Å²) in [6.07, 6.45) is 24.5. The second-order valence-corrected chi connectivity index (χ2v) is 16.6.